The van der Waals surface area contributed by atoms with Gasteiger partial charge in [0.25, 0.3) is 0 Å². The molecule has 0 bridgehead atoms. The molecule has 0 saturated heterocycles. The lowest BCUT2D eigenvalue weighted by Crippen LogP contribution is -2.33. The van der Waals surface area contributed by atoms with Crippen molar-refractivity contribution >= 4 is 10.0 Å². The second kappa shape index (κ2) is 8.59. The number of nitrogens with zero attached hydrogens (tertiary/aromatic N) is 3. The zero-order valence-electron chi connectivity index (χ0n) is 17.3. The molecule has 0 aliphatic heterocycles. The first-order valence-corrected chi connectivity index (χ1v) is 11.4. The van der Waals surface area contributed by atoms with Crippen molar-refractivity contribution in [2.45, 2.75) is 43.0 Å². The van der Waals surface area contributed by atoms with Gasteiger partial charge in [-0.15, -0.1) is 0 Å². The molecule has 1 heterocycles. The van der Waals surface area contributed by atoms with Gasteiger partial charge in [0.1, 0.15) is 11.6 Å². The lowest BCUT2D eigenvalue weighted by molar-refractivity contribution is -0.137. The molecule has 0 radical (unpaired) electrons. The number of alkyl halides is 3. The third-order valence-corrected chi connectivity index (χ3v) is 7.24. The molecule has 1 aliphatic carbocycles. The van der Waals surface area contributed by atoms with Gasteiger partial charge in [-0.05, 0) is 54.8 Å². The third-order valence-electron chi connectivity index (χ3n) is 5.33. The molecule has 0 atom stereocenters. The molecule has 1 aromatic heterocycles. The molecule has 0 unspecified atom stereocenters. The maximum Gasteiger partial charge on any atom is 0.416 e. The molecule has 10 heteroatoms. The number of hydrogen-bond acceptors (Lipinski definition) is 4. The van der Waals surface area contributed by atoms with E-state index in [2.05, 4.69) is 4.98 Å². The first kappa shape index (κ1) is 22.3. The lowest BCUT2D eigenvalue weighted by atomic mass is 10.1. The van der Waals surface area contributed by atoms with Crippen LogP contribution in [0.15, 0.2) is 65.8 Å². The van der Waals surface area contributed by atoms with E-state index in [9.17, 15) is 21.6 Å². The van der Waals surface area contributed by atoms with Crippen molar-refractivity contribution in [1.82, 2.24) is 13.9 Å². The topological polar surface area (TPSA) is 64.4 Å². The number of halogens is 3. The number of rotatable bonds is 8. The lowest BCUT2D eigenvalue weighted by Gasteiger charge is -2.22. The Kier molecular flexibility index (Phi) is 6.00. The Hall–Kier alpha value is -2.85. The van der Waals surface area contributed by atoms with Crippen LogP contribution in [0.2, 0.25) is 0 Å². The summed E-state index contributed by atoms with van der Waals surface area (Å²) in [6.45, 7) is 0.186. The minimum atomic E-state index is -4.43. The number of hydrogen-bond donors (Lipinski definition) is 0. The Morgan fingerprint density at radius 3 is 2.50 bits per heavy atom. The van der Waals surface area contributed by atoms with Crippen LogP contribution >= 0.6 is 0 Å². The maximum atomic E-state index is 13.3. The number of sulfonamides is 1. The van der Waals surface area contributed by atoms with Gasteiger partial charge in [0.05, 0.1) is 24.1 Å². The summed E-state index contributed by atoms with van der Waals surface area (Å²) in [6.07, 6.45) is 0.241. The van der Waals surface area contributed by atoms with Gasteiger partial charge in [0.15, 0.2) is 0 Å². The molecule has 1 saturated carbocycles. The average molecular weight is 465 g/mol. The van der Waals surface area contributed by atoms with E-state index in [4.69, 9.17) is 4.74 Å². The third kappa shape index (κ3) is 4.81. The van der Waals surface area contributed by atoms with Crippen LogP contribution < -0.4 is 4.74 Å². The fourth-order valence-electron chi connectivity index (χ4n) is 3.47. The number of benzene rings is 2. The highest BCUT2D eigenvalue weighted by atomic mass is 32.2. The summed E-state index contributed by atoms with van der Waals surface area (Å²) >= 11 is 0. The molecule has 170 valence electrons. The largest absolute Gasteiger partial charge is 0.497 e. The monoisotopic (exact) mass is 465 g/mol. The van der Waals surface area contributed by atoms with Crippen molar-refractivity contribution in [2.75, 3.05) is 7.11 Å². The van der Waals surface area contributed by atoms with E-state index >= 15 is 0 Å². The number of imidazole rings is 1. The Bertz CT molecular complexity index is 1190. The van der Waals surface area contributed by atoms with E-state index in [0.29, 0.717) is 17.1 Å². The summed E-state index contributed by atoms with van der Waals surface area (Å²) in [7, 11) is -2.27. The van der Waals surface area contributed by atoms with Gasteiger partial charge < -0.3 is 9.30 Å². The second-order valence-corrected chi connectivity index (χ2v) is 9.52. The van der Waals surface area contributed by atoms with E-state index in [1.54, 1.807) is 29.0 Å². The van der Waals surface area contributed by atoms with E-state index in [1.807, 2.05) is 0 Å². The Morgan fingerprint density at radius 1 is 1.16 bits per heavy atom. The zero-order valence-corrected chi connectivity index (χ0v) is 18.1. The molecule has 1 aliphatic rings. The number of aromatic nitrogens is 2. The summed E-state index contributed by atoms with van der Waals surface area (Å²) in [5.41, 5.74) is -0.270. The fraction of sp³-hybridized carbons (Fsp3) is 0.318. The molecule has 1 fully saturated rings. The highest BCUT2D eigenvalue weighted by molar-refractivity contribution is 7.89. The second-order valence-electron chi connectivity index (χ2n) is 7.63. The summed E-state index contributed by atoms with van der Waals surface area (Å²) < 4.78 is 73.9. The summed E-state index contributed by atoms with van der Waals surface area (Å²) in [5, 5.41) is 0. The highest BCUT2D eigenvalue weighted by Gasteiger charge is 2.39. The SMILES string of the molecule is COc1ccc(S(=O)(=O)N(Cc2nccn2Cc2cccc(C(F)(F)F)c2)C2CC2)cc1. The van der Waals surface area contributed by atoms with Crippen molar-refractivity contribution in [3.63, 3.8) is 0 Å². The Labute approximate surface area is 184 Å². The molecule has 0 spiro atoms. The molecule has 0 amide bonds. The number of methoxy groups -OCH3 is 1. The molecule has 32 heavy (non-hydrogen) atoms. The molecule has 4 rings (SSSR count). The van der Waals surface area contributed by atoms with Gasteiger partial charge in [-0.3, -0.25) is 0 Å². The van der Waals surface area contributed by atoms with E-state index in [-0.39, 0.29) is 24.0 Å². The molecule has 0 N–H and O–H groups in total. The predicted molar refractivity (Wildman–Crippen MR) is 112 cm³/mol. The van der Waals surface area contributed by atoms with E-state index in [1.165, 1.54) is 35.8 Å². The summed E-state index contributed by atoms with van der Waals surface area (Å²) in [5.74, 6) is 1.02. The average Bonchev–Trinajstić information content (AvgIpc) is 3.51. The van der Waals surface area contributed by atoms with Crippen molar-refractivity contribution in [3.8, 4) is 5.75 Å². The Balaban J connectivity index is 1.58. The van der Waals surface area contributed by atoms with Crippen LogP contribution in [0.1, 0.15) is 29.8 Å². The fourth-order valence-corrected chi connectivity index (χ4v) is 5.11. The molecular weight excluding hydrogens is 443 g/mol. The van der Waals surface area contributed by atoms with Crippen LogP contribution in [0, 0.1) is 0 Å². The smallest absolute Gasteiger partial charge is 0.416 e. The van der Waals surface area contributed by atoms with Crippen LogP contribution in [-0.2, 0) is 29.3 Å². The minimum Gasteiger partial charge on any atom is -0.497 e. The molecule has 2 aromatic carbocycles. The molecular formula is C22H22F3N3O3S. The van der Waals surface area contributed by atoms with Crippen molar-refractivity contribution in [3.05, 3.63) is 77.9 Å². The van der Waals surface area contributed by atoms with Crippen LogP contribution in [0.4, 0.5) is 13.2 Å². The normalized spacial score (nSPS) is 14.7. The van der Waals surface area contributed by atoms with Crippen LogP contribution in [-0.4, -0.2) is 35.4 Å². The Morgan fingerprint density at radius 2 is 1.88 bits per heavy atom. The standard InChI is InChI=1S/C22H22F3N3O3S/c1-31-19-7-9-20(10-8-19)32(29,30)28(18-5-6-18)15-21-26-11-12-27(21)14-16-3-2-4-17(13-16)22(23,24)25/h2-4,7-13,18H,5-6,14-15H2,1H3. The van der Waals surface area contributed by atoms with Gasteiger partial charge in [0, 0.05) is 25.0 Å². The van der Waals surface area contributed by atoms with Gasteiger partial charge in [0.2, 0.25) is 10.0 Å². The first-order valence-electron chi connectivity index (χ1n) is 10.0. The number of ether oxygens (including phenoxy) is 1. The first-order chi connectivity index (χ1) is 15.2. The summed E-state index contributed by atoms with van der Waals surface area (Å²) in [6, 6.07) is 11.1. The van der Waals surface area contributed by atoms with E-state index < -0.39 is 21.8 Å². The van der Waals surface area contributed by atoms with Crippen LogP contribution in [0.25, 0.3) is 0 Å². The van der Waals surface area contributed by atoms with Gasteiger partial charge in [-0.25, -0.2) is 13.4 Å². The van der Waals surface area contributed by atoms with Gasteiger partial charge >= 0.3 is 6.18 Å². The zero-order chi connectivity index (χ0) is 22.9. The van der Waals surface area contributed by atoms with Crippen LogP contribution in [0.3, 0.4) is 0 Å². The van der Waals surface area contributed by atoms with Crippen molar-refractivity contribution in [1.29, 1.82) is 0 Å². The molecule has 3 aromatic rings. The van der Waals surface area contributed by atoms with Crippen molar-refractivity contribution < 1.29 is 26.3 Å². The summed E-state index contributed by atoms with van der Waals surface area (Å²) in [4.78, 5) is 4.44. The maximum absolute atomic E-state index is 13.3. The van der Waals surface area contributed by atoms with E-state index in [0.717, 1.165) is 25.0 Å². The predicted octanol–water partition coefficient (Wildman–Crippen LogP) is 4.31. The minimum absolute atomic E-state index is 0.0327. The van der Waals surface area contributed by atoms with Crippen LogP contribution in [0.5, 0.6) is 5.75 Å². The quantitative estimate of drug-likeness (QED) is 0.497. The molecule has 6 nitrogen and oxygen atoms in total. The van der Waals surface area contributed by atoms with Gasteiger partial charge in [-0.2, -0.15) is 17.5 Å². The highest BCUT2D eigenvalue weighted by Crippen LogP contribution is 2.34. The van der Waals surface area contributed by atoms with Crippen molar-refractivity contribution in [2.24, 2.45) is 0 Å². The van der Waals surface area contributed by atoms with Gasteiger partial charge in [-0.1, -0.05) is 12.1 Å².